The van der Waals surface area contributed by atoms with Gasteiger partial charge < -0.3 is 10.2 Å². The molecule has 0 aliphatic carbocycles. The standard InChI is InChI=1S/C20H34O2/c1-3-19(15-11-17-21)13-9-7-5-6-8-10-14-20(4-2)16-12-18-22/h3-4,7-10,19-22H,1-2,5-6,11-18H2/b9-7+,10-8+. The monoisotopic (exact) mass is 306 g/mol. The lowest BCUT2D eigenvalue weighted by Gasteiger charge is -2.08. The van der Waals surface area contributed by atoms with E-state index in [0.717, 1.165) is 51.4 Å². The smallest absolute Gasteiger partial charge is 0.0431 e. The van der Waals surface area contributed by atoms with Crippen molar-refractivity contribution in [2.45, 2.75) is 51.4 Å². The van der Waals surface area contributed by atoms with E-state index in [1.165, 1.54) is 0 Å². The molecule has 0 saturated carbocycles. The molecule has 0 aliphatic rings. The van der Waals surface area contributed by atoms with Gasteiger partial charge in [-0.15, -0.1) is 13.2 Å². The number of unbranched alkanes of at least 4 members (excludes halogenated alkanes) is 1. The molecule has 0 aromatic carbocycles. The Morgan fingerprint density at radius 1 is 0.682 bits per heavy atom. The van der Waals surface area contributed by atoms with Gasteiger partial charge in [-0.25, -0.2) is 0 Å². The Morgan fingerprint density at radius 3 is 1.41 bits per heavy atom. The van der Waals surface area contributed by atoms with Gasteiger partial charge in [-0.2, -0.15) is 0 Å². The van der Waals surface area contributed by atoms with Crippen molar-refractivity contribution in [3.8, 4) is 0 Å². The number of hydrogen-bond acceptors (Lipinski definition) is 2. The van der Waals surface area contributed by atoms with Crippen molar-refractivity contribution in [2.75, 3.05) is 13.2 Å². The molecule has 2 heteroatoms. The molecule has 2 N–H and O–H groups in total. The summed E-state index contributed by atoms with van der Waals surface area (Å²) in [5.41, 5.74) is 0. The van der Waals surface area contributed by atoms with E-state index < -0.39 is 0 Å². The molecule has 0 amide bonds. The summed E-state index contributed by atoms with van der Waals surface area (Å²) in [6.45, 7) is 8.23. The van der Waals surface area contributed by atoms with Gasteiger partial charge in [-0.05, 0) is 63.2 Å². The third kappa shape index (κ3) is 12.6. The van der Waals surface area contributed by atoms with Gasteiger partial charge in [-0.1, -0.05) is 36.5 Å². The molecule has 0 radical (unpaired) electrons. The third-order valence-corrected chi connectivity index (χ3v) is 3.84. The van der Waals surface area contributed by atoms with Gasteiger partial charge >= 0.3 is 0 Å². The van der Waals surface area contributed by atoms with Crippen molar-refractivity contribution in [1.82, 2.24) is 0 Å². The lowest BCUT2D eigenvalue weighted by Crippen LogP contribution is -1.96. The molecule has 126 valence electrons. The Morgan fingerprint density at radius 2 is 1.09 bits per heavy atom. The van der Waals surface area contributed by atoms with Crippen LogP contribution in [0, 0.1) is 11.8 Å². The van der Waals surface area contributed by atoms with E-state index in [2.05, 4.69) is 37.5 Å². The molecule has 2 atom stereocenters. The molecule has 0 aliphatic heterocycles. The van der Waals surface area contributed by atoms with Crippen LogP contribution in [0.1, 0.15) is 51.4 Å². The second-order valence-electron chi connectivity index (χ2n) is 5.71. The van der Waals surface area contributed by atoms with Crippen molar-refractivity contribution < 1.29 is 10.2 Å². The van der Waals surface area contributed by atoms with Crippen LogP contribution in [0.25, 0.3) is 0 Å². The largest absolute Gasteiger partial charge is 0.396 e. The molecule has 0 bridgehead atoms. The Balaban J connectivity index is 3.72. The Hall–Kier alpha value is -1.12. The van der Waals surface area contributed by atoms with Crippen LogP contribution in [-0.4, -0.2) is 23.4 Å². The molecule has 0 saturated heterocycles. The van der Waals surface area contributed by atoms with Crippen LogP contribution in [0.2, 0.25) is 0 Å². The normalized spacial score (nSPS) is 14.5. The zero-order chi connectivity index (χ0) is 16.5. The summed E-state index contributed by atoms with van der Waals surface area (Å²) in [6.07, 6.45) is 20.8. The maximum absolute atomic E-state index is 8.83. The van der Waals surface area contributed by atoms with Gasteiger partial charge in [0.15, 0.2) is 0 Å². The molecule has 22 heavy (non-hydrogen) atoms. The highest BCUT2D eigenvalue weighted by Gasteiger charge is 2.01. The lowest BCUT2D eigenvalue weighted by molar-refractivity contribution is 0.277. The summed E-state index contributed by atoms with van der Waals surface area (Å²) >= 11 is 0. The molecule has 0 aromatic rings. The van der Waals surface area contributed by atoms with Crippen LogP contribution in [0.15, 0.2) is 49.6 Å². The fourth-order valence-corrected chi connectivity index (χ4v) is 2.34. The van der Waals surface area contributed by atoms with Gasteiger partial charge in [0.05, 0.1) is 0 Å². The summed E-state index contributed by atoms with van der Waals surface area (Å²) in [5.74, 6) is 0.970. The zero-order valence-electron chi connectivity index (χ0n) is 14.0. The summed E-state index contributed by atoms with van der Waals surface area (Å²) < 4.78 is 0. The van der Waals surface area contributed by atoms with Gasteiger partial charge in [-0.3, -0.25) is 0 Å². The van der Waals surface area contributed by atoms with E-state index in [1.54, 1.807) is 0 Å². The SMILES string of the molecule is C=CC(C/C=C/CC/C=C/CC(C=C)CCCO)CCCO. The van der Waals surface area contributed by atoms with Crippen LogP contribution in [-0.2, 0) is 0 Å². The first-order chi connectivity index (χ1) is 10.8. The van der Waals surface area contributed by atoms with Crippen molar-refractivity contribution >= 4 is 0 Å². The number of allylic oxidation sites excluding steroid dienone is 6. The van der Waals surface area contributed by atoms with Crippen LogP contribution in [0.4, 0.5) is 0 Å². The first-order valence-corrected chi connectivity index (χ1v) is 8.55. The Kier molecular flexibility index (Phi) is 15.4. The number of aliphatic hydroxyl groups is 2. The predicted octanol–water partition coefficient (Wildman–Crippen LogP) is 4.81. The molecule has 0 spiro atoms. The quantitative estimate of drug-likeness (QED) is 0.337. The predicted molar refractivity (Wildman–Crippen MR) is 96.8 cm³/mol. The molecular formula is C20H34O2. The third-order valence-electron chi connectivity index (χ3n) is 3.84. The maximum Gasteiger partial charge on any atom is 0.0431 e. The van der Waals surface area contributed by atoms with Gasteiger partial charge in [0.2, 0.25) is 0 Å². The average molecular weight is 306 g/mol. The summed E-state index contributed by atoms with van der Waals surface area (Å²) in [7, 11) is 0. The summed E-state index contributed by atoms with van der Waals surface area (Å²) in [4.78, 5) is 0. The van der Waals surface area contributed by atoms with Crippen molar-refractivity contribution in [3.05, 3.63) is 49.6 Å². The molecule has 0 rings (SSSR count). The molecule has 0 fully saturated rings. The van der Waals surface area contributed by atoms with Crippen LogP contribution < -0.4 is 0 Å². The summed E-state index contributed by atoms with van der Waals surface area (Å²) in [6, 6.07) is 0. The van der Waals surface area contributed by atoms with E-state index in [4.69, 9.17) is 10.2 Å². The molecule has 2 unspecified atom stereocenters. The number of rotatable bonds is 15. The van der Waals surface area contributed by atoms with Crippen molar-refractivity contribution in [3.63, 3.8) is 0 Å². The first kappa shape index (κ1) is 20.9. The topological polar surface area (TPSA) is 40.5 Å². The highest BCUT2D eigenvalue weighted by atomic mass is 16.3. The number of hydrogen-bond donors (Lipinski definition) is 2. The maximum atomic E-state index is 8.83. The molecular weight excluding hydrogens is 272 g/mol. The summed E-state index contributed by atoms with van der Waals surface area (Å²) in [5, 5.41) is 17.7. The van der Waals surface area contributed by atoms with E-state index in [-0.39, 0.29) is 13.2 Å². The van der Waals surface area contributed by atoms with Gasteiger partial charge in [0.1, 0.15) is 0 Å². The van der Waals surface area contributed by atoms with E-state index in [1.807, 2.05) is 12.2 Å². The van der Waals surface area contributed by atoms with Crippen molar-refractivity contribution in [1.29, 1.82) is 0 Å². The van der Waals surface area contributed by atoms with Crippen LogP contribution in [0.5, 0.6) is 0 Å². The second kappa shape index (κ2) is 16.3. The van der Waals surface area contributed by atoms with E-state index in [0.29, 0.717) is 11.8 Å². The van der Waals surface area contributed by atoms with E-state index >= 15 is 0 Å². The Bertz CT molecular complexity index is 286. The number of aliphatic hydroxyl groups excluding tert-OH is 2. The molecule has 2 nitrogen and oxygen atoms in total. The highest BCUT2D eigenvalue weighted by molar-refractivity contribution is 4.93. The lowest BCUT2D eigenvalue weighted by atomic mass is 9.99. The van der Waals surface area contributed by atoms with E-state index in [9.17, 15) is 0 Å². The minimum Gasteiger partial charge on any atom is -0.396 e. The average Bonchev–Trinajstić information content (AvgIpc) is 2.55. The highest BCUT2D eigenvalue weighted by Crippen LogP contribution is 2.14. The van der Waals surface area contributed by atoms with Crippen LogP contribution in [0.3, 0.4) is 0 Å². The fourth-order valence-electron chi connectivity index (χ4n) is 2.34. The van der Waals surface area contributed by atoms with Gasteiger partial charge in [0, 0.05) is 13.2 Å². The second-order valence-corrected chi connectivity index (χ2v) is 5.71. The first-order valence-electron chi connectivity index (χ1n) is 8.55. The van der Waals surface area contributed by atoms with Crippen LogP contribution >= 0.6 is 0 Å². The molecule has 0 aromatic heterocycles. The zero-order valence-corrected chi connectivity index (χ0v) is 14.0. The Labute approximate surface area is 137 Å². The fraction of sp³-hybridized carbons (Fsp3) is 0.600. The van der Waals surface area contributed by atoms with Gasteiger partial charge in [0.25, 0.3) is 0 Å². The minimum atomic E-state index is 0.267. The molecule has 0 heterocycles. The minimum absolute atomic E-state index is 0.267. The van der Waals surface area contributed by atoms with Crippen molar-refractivity contribution in [2.24, 2.45) is 11.8 Å².